The Morgan fingerprint density at radius 2 is 2.18 bits per heavy atom. The predicted octanol–water partition coefficient (Wildman–Crippen LogP) is 0.988. The molecule has 4 rings (SSSR count). The van der Waals surface area contributed by atoms with E-state index in [2.05, 4.69) is 20.7 Å². The van der Waals surface area contributed by atoms with E-state index in [0.717, 1.165) is 44.5 Å². The van der Waals surface area contributed by atoms with E-state index in [1.54, 1.807) is 23.1 Å². The average Bonchev–Trinajstić information content (AvgIpc) is 3.46. The first-order valence-electron chi connectivity index (χ1n) is 9.97. The predicted molar refractivity (Wildman–Crippen MR) is 104 cm³/mol. The molecule has 8 nitrogen and oxygen atoms in total. The van der Waals surface area contributed by atoms with Crippen LogP contribution in [0.1, 0.15) is 36.2 Å². The quantitative estimate of drug-likeness (QED) is 0.805. The van der Waals surface area contributed by atoms with Gasteiger partial charge in [0.2, 0.25) is 5.91 Å². The molecule has 28 heavy (non-hydrogen) atoms. The van der Waals surface area contributed by atoms with Crippen LogP contribution in [0.15, 0.2) is 36.8 Å². The molecule has 2 fully saturated rings. The van der Waals surface area contributed by atoms with Crippen molar-refractivity contribution in [1.82, 2.24) is 30.3 Å². The van der Waals surface area contributed by atoms with Crippen molar-refractivity contribution in [3.05, 3.63) is 42.5 Å². The van der Waals surface area contributed by atoms with Crippen LogP contribution in [0.3, 0.4) is 0 Å². The lowest BCUT2D eigenvalue weighted by Gasteiger charge is -2.33. The van der Waals surface area contributed by atoms with E-state index in [1.165, 1.54) is 0 Å². The third kappa shape index (κ3) is 4.22. The van der Waals surface area contributed by atoms with E-state index in [4.69, 9.17) is 0 Å². The molecule has 0 aromatic carbocycles. The Morgan fingerprint density at radius 1 is 1.25 bits per heavy atom. The number of pyridine rings is 1. The van der Waals surface area contributed by atoms with Gasteiger partial charge in [0.25, 0.3) is 5.91 Å². The Bertz CT molecular complexity index is 816. The van der Waals surface area contributed by atoms with Gasteiger partial charge in [-0.2, -0.15) is 5.10 Å². The first-order chi connectivity index (χ1) is 13.7. The number of amides is 2. The summed E-state index contributed by atoms with van der Waals surface area (Å²) in [5, 5.41) is 10.5. The van der Waals surface area contributed by atoms with Crippen molar-refractivity contribution < 1.29 is 9.59 Å². The topological polar surface area (TPSA) is 92.2 Å². The summed E-state index contributed by atoms with van der Waals surface area (Å²) in [6.07, 6.45) is 9.08. The van der Waals surface area contributed by atoms with E-state index in [1.807, 2.05) is 23.2 Å². The fraction of sp³-hybridized carbons (Fsp3) is 0.500. The largest absolute Gasteiger partial charge is 0.354 e. The van der Waals surface area contributed by atoms with Gasteiger partial charge in [0.1, 0.15) is 5.69 Å². The van der Waals surface area contributed by atoms with Crippen LogP contribution in [0, 0.1) is 5.92 Å². The fourth-order valence-corrected chi connectivity index (χ4v) is 3.96. The van der Waals surface area contributed by atoms with Crippen LogP contribution in [0.4, 0.5) is 0 Å². The first kappa shape index (κ1) is 18.6. The number of carbonyl (C=O) groups is 2. The Kier molecular flexibility index (Phi) is 5.66. The van der Waals surface area contributed by atoms with E-state index in [0.29, 0.717) is 18.8 Å². The average molecular weight is 382 g/mol. The lowest BCUT2D eigenvalue weighted by molar-refractivity contribution is -0.123. The SMILES string of the molecule is O=C(NCC1CCCN(C(=O)c2cc(-n3cccn3)ccn2)C1)C1CCCN1. The molecule has 0 saturated carbocycles. The van der Waals surface area contributed by atoms with E-state index in [-0.39, 0.29) is 23.8 Å². The Balaban J connectivity index is 1.35. The number of aromatic nitrogens is 3. The summed E-state index contributed by atoms with van der Waals surface area (Å²) in [6.45, 7) is 2.89. The van der Waals surface area contributed by atoms with Gasteiger partial charge in [0.15, 0.2) is 0 Å². The van der Waals surface area contributed by atoms with Gasteiger partial charge < -0.3 is 15.5 Å². The van der Waals surface area contributed by atoms with Crippen molar-refractivity contribution in [1.29, 1.82) is 0 Å². The number of hydrogen-bond donors (Lipinski definition) is 2. The number of rotatable bonds is 5. The molecule has 148 valence electrons. The number of hydrogen-bond acceptors (Lipinski definition) is 5. The van der Waals surface area contributed by atoms with Crippen molar-refractivity contribution in [3.63, 3.8) is 0 Å². The van der Waals surface area contributed by atoms with E-state index >= 15 is 0 Å². The fourth-order valence-electron chi connectivity index (χ4n) is 3.96. The molecule has 8 heteroatoms. The van der Waals surface area contributed by atoms with Crippen LogP contribution in [0.2, 0.25) is 0 Å². The van der Waals surface area contributed by atoms with Crippen molar-refractivity contribution in [2.24, 2.45) is 5.92 Å². The van der Waals surface area contributed by atoms with E-state index in [9.17, 15) is 9.59 Å². The molecule has 0 bridgehead atoms. The van der Waals surface area contributed by atoms with Crippen molar-refractivity contribution >= 4 is 11.8 Å². The number of nitrogens with one attached hydrogen (secondary N) is 2. The van der Waals surface area contributed by atoms with Crippen LogP contribution in [-0.4, -0.2) is 63.7 Å². The summed E-state index contributed by atoms with van der Waals surface area (Å²) in [5.41, 5.74) is 1.24. The standard InChI is InChI=1S/C20H26N6O2/c27-19(17-5-1-7-21-17)23-13-15-4-2-10-25(14-15)20(28)18-12-16(6-9-22-18)26-11-3-8-24-26/h3,6,8-9,11-12,15,17,21H,1-2,4-5,7,10,13-14H2,(H,23,27). The highest BCUT2D eigenvalue weighted by atomic mass is 16.2. The molecule has 2 N–H and O–H groups in total. The van der Waals surface area contributed by atoms with Gasteiger partial charge in [-0.05, 0) is 56.3 Å². The smallest absolute Gasteiger partial charge is 0.272 e. The molecule has 0 aliphatic carbocycles. The highest BCUT2D eigenvalue weighted by molar-refractivity contribution is 5.92. The lowest BCUT2D eigenvalue weighted by Crippen LogP contribution is -2.46. The summed E-state index contributed by atoms with van der Waals surface area (Å²) in [5.74, 6) is 0.286. The minimum atomic E-state index is -0.0671. The molecule has 2 atom stereocenters. The minimum absolute atomic E-state index is 0.0597. The highest BCUT2D eigenvalue weighted by Crippen LogP contribution is 2.19. The summed E-state index contributed by atoms with van der Waals surface area (Å²) < 4.78 is 1.71. The molecular weight excluding hydrogens is 356 g/mol. The van der Waals surface area contributed by atoms with Crippen molar-refractivity contribution in [3.8, 4) is 5.69 Å². The Hall–Kier alpha value is -2.74. The van der Waals surface area contributed by atoms with Crippen LogP contribution in [0.5, 0.6) is 0 Å². The van der Waals surface area contributed by atoms with E-state index < -0.39 is 0 Å². The summed E-state index contributed by atoms with van der Waals surface area (Å²) >= 11 is 0. The second-order valence-corrected chi connectivity index (χ2v) is 7.50. The van der Waals surface area contributed by atoms with Gasteiger partial charge in [0.05, 0.1) is 11.7 Å². The van der Waals surface area contributed by atoms with Gasteiger partial charge in [0, 0.05) is 38.2 Å². The zero-order valence-electron chi connectivity index (χ0n) is 15.9. The number of likely N-dealkylation sites (tertiary alicyclic amines) is 1. The van der Waals surface area contributed by atoms with Crippen LogP contribution < -0.4 is 10.6 Å². The first-order valence-corrected chi connectivity index (χ1v) is 9.97. The molecule has 2 aliphatic heterocycles. The third-order valence-corrected chi connectivity index (χ3v) is 5.48. The molecule has 2 aromatic rings. The monoisotopic (exact) mass is 382 g/mol. The van der Waals surface area contributed by atoms with Crippen LogP contribution >= 0.6 is 0 Å². The maximum absolute atomic E-state index is 13.0. The molecule has 2 unspecified atom stereocenters. The highest BCUT2D eigenvalue weighted by Gasteiger charge is 2.27. The zero-order valence-corrected chi connectivity index (χ0v) is 15.9. The third-order valence-electron chi connectivity index (χ3n) is 5.48. The van der Waals surface area contributed by atoms with Crippen LogP contribution in [-0.2, 0) is 4.79 Å². The number of nitrogens with zero attached hydrogens (tertiary/aromatic N) is 4. The molecular formula is C20H26N6O2. The molecule has 0 spiro atoms. The number of piperidine rings is 1. The van der Waals surface area contributed by atoms with Gasteiger partial charge in [-0.25, -0.2) is 4.68 Å². The molecule has 2 saturated heterocycles. The van der Waals surface area contributed by atoms with Crippen molar-refractivity contribution in [2.45, 2.75) is 31.7 Å². The van der Waals surface area contributed by atoms with Gasteiger partial charge >= 0.3 is 0 Å². The number of carbonyl (C=O) groups excluding carboxylic acids is 2. The van der Waals surface area contributed by atoms with Crippen molar-refractivity contribution in [2.75, 3.05) is 26.2 Å². The summed E-state index contributed by atoms with van der Waals surface area (Å²) in [6, 6.07) is 5.38. The zero-order chi connectivity index (χ0) is 19.3. The second kappa shape index (κ2) is 8.52. The minimum Gasteiger partial charge on any atom is -0.354 e. The molecule has 4 heterocycles. The molecule has 0 radical (unpaired) electrons. The molecule has 2 amide bonds. The Morgan fingerprint density at radius 3 is 2.96 bits per heavy atom. The second-order valence-electron chi connectivity index (χ2n) is 7.50. The lowest BCUT2D eigenvalue weighted by atomic mass is 9.97. The summed E-state index contributed by atoms with van der Waals surface area (Å²) in [7, 11) is 0. The maximum Gasteiger partial charge on any atom is 0.272 e. The van der Waals surface area contributed by atoms with Gasteiger partial charge in [-0.3, -0.25) is 14.6 Å². The normalized spacial score (nSPS) is 22.2. The molecule has 2 aromatic heterocycles. The molecule has 2 aliphatic rings. The van der Waals surface area contributed by atoms with Gasteiger partial charge in [-0.15, -0.1) is 0 Å². The Labute approximate surface area is 164 Å². The maximum atomic E-state index is 13.0. The van der Waals surface area contributed by atoms with Gasteiger partial charge in [-0.1, -0.05) is 0 Å². The summed E-state index contributed by atoms with van der Waals surface area (Å²) in [4.78, 5) is 31.3. The van der Waals surface area contributed by atoms with Crippen LogP contribution in [0.25, 0.3) is 5.69 Å².